The number of hydrogen-bond acceptors (Lipinski definition) is 3. The van der Waals surface area contributed by atoms with Crippen molar-refractivity contribution in [3.05, 3.63) is 163 Å². The van der Waals surface area contributed by atoms with E-state index in [-0.39, 0.29) is 17.7 Å². The van der Waals surface area contributed by atoms with Gasteiger partial charge in [-0.05, 0) is 198 Å². The Labute approximate surface area is 435 Å². The lowest BCUT2D eigenvalue weighted by Crippen LogP contribution is -2.61. The second kappa shape index (κ2) is 14.6. The zero-order chi connectivity index (χ0) is 47.5. The topological polar surface area (TPSA) is 8.17 Å². The van der Waals surface area contributed by atoms with Crippen molar-refractivity contribution in [3.63, 3.8) is 0 Å². The van der Waals surface area contributed by atoms with Crippen molar-refractivity contribution in [2.45, 2.75) is 94.8 Å². The molecule has 18 rings (SSSR count). The van der Waals surface area contributed by atoms with Gasteiger partial charge in [0.25, 0.3) is 0 Å². The van der Waals surface area contributed by atoms with E-state index in [1.165, 1.54) is 189 Å². The van der Waals surface area contributed by atoms with E-state index in [2.05, 4.69) is 168 Å². The van der Waals surface area contributed by atoms with Crippen LogP contribution in [0.1, 0.15) is 95.1 Å². The highest BCUT2D eigenvalue weighted by Gasteiger charge is 2.54. The molecule has 0 N–H and O–H groups in total. The molecule has 5 bridgehead atoms. The van der Waals surface area contributed by atoms with E-state index >= 15 is 0 Å². The molecule has 2 nitrogen and oxygen atoms in total. The van der Waals surface area contributed by atoms with Crippen molar-refractivity contribution < 1.29 is 0 Å². The van der Waals surface area contributed by atoms with Crippen molar-refractivity contribution in [3.8, 4) is 27.9 Å². The van der Waals surface area contributed by atoms with Gasteiger partial charge in [-0.25, -0.2) is 0 Å². The van der Waals surface area contributed by atoms with Crippen LogP contribution in [-0.4, -0.2) is 11.4 Å². The second-order valence-electron chi connectivity index (χ2n) is 24.5. The lowest BCUT2D eigenvalue weighted by atomic mass is 9.43. The molecule has 2 aliphatic heterocycles. The Morgan fingerprint density at radius 1 is 0.548 bits per heavy atom. The summed E-state index contributed by atoms with van der Waals surface area (Å²) in [7, 11) is 0. The fraction of sp³-hybridized carbons (Fsp3) is 0.294. The summed E-state index contributed by atoms with van der Waals surface area (Å²) in [5.41, 5.74) is 18.8. The summed E-state index contributed by atoms with van der Waals surface area (Å²) in [6, 6.07) is 60.5. The molecule has 7 aliphatic rings. The van der Waals surface area contributed by atoms with Crippen molar-refractivity contribution in [1.29, 1.82) is 0 Å². The summed E-state index contributed by atoms with van der Waals surface area (Å²) in [6.45, 7) is 2.48. The number of aromatic nitrogens is 1. The summed E-state index contributed by atoms with van der Waals surface area (Å²) in [5.74, 6) is 4.46. The minimum absolute atomic E-state index is 0.0280. The highest BCUT2D eigenvalue weighted by Crippen LogP contribution is 2.62. The van der Waals surface area contributed by atoms with Crippen LogP contribution in [0.25, 0.3) is 90.1 Å². The van der Waals surface area contributed by atoms with Crippen LogP contribution in [0, 0.1) is 29.6 Å². The minimum Gasteiger partial charge on any atom is -0.376 e. The number of hydrogen-bond donors (Lipinski definition) is 0. The van der Waals surface area contributed by atoms with E-state index in [1.54, 1.807) is 11.1 Å². The van der Waals surface area contributed by atoms with E-state index in [1.807, 2.05) is 22.7 Å². The predicted molar refractivity (Wildman–Crippen MR) is 313 cm³/mol. The highest BCUT2D eigenvalue weighted by atomic mass is 32.1. The van der Waals surface area contributed by atoms with E-state index in [0.29, 0.717) is 0 Å². The Morgan fingerprint density at radius 2 is 1.27 bits per heavy atom. The molecule has 354 valence electrons. The van der Waals surface area contributed by atoms with Gasteiger partial charge in [-0.15, -0.1) is 22.7 Å². The Morgan fingerprint density at radius 3 is 2.10 bits per heavy atom. The normalized spacial score (nSPS) is 26.3. The van der Waals surface area contributed by atoms with Crippen LogP contribution in [0.15, 0.2) is 152 Å². The first-order chi connectivity index (χ1) is 36.0. The first kappa shape index (κ1) is 41.2. The van der Waals surface area contributed by atoms with Gasteiger partial charge in [0, 0.05) is 79.3 Å². The minimum atomic E-state index is -0.0280. The van der Waals surface area contributed by atoms with Crippen LogP contribution in [0.4, 0.5) is 11.4 Å². The number of fused-ring (bicyclic) bond motifs is 18. The van der Waals surface area contributed by atoms with Crippen molar-refractivity contribution >= 4 is 114 Å². The van der Waals surface area contributed by atoms with Gasteiger partial charge in [0.15, 0.2) is 0 Å². The van der Waals surface area contributed by atoms with Crippen molar-refractivity contribution in [1.82, 2.24) is 4.57 Å². The van der Waals surface area contributed by atoms with Crippen molar-refractivity contribution in [2.75, 3.05) is 4.81 Å². The van der Waals surface area contributed by atoms with Crippen LogP contribution >= 0.6 is 22.7 Å². The van der Waals surface area contributed by atoms with E-state index in [0.717, 1.165) is 29.6 Å². The zero-order valence-corrected chi connectivity index (χ0v) is 43.2. The number of benzene rings is 8. The Bertz CT molecular complexity index is 4180. The quantitative estimate of drug-likeness (QED) is 0.156. The highest BCUT2D eigenvalue weighted by molar-refractivity contribution is 7.27. The van der Waals surface area contributed by atoms with E-state index in [9.17, 15) is 0 Å². The van der Waals surface area contributed by atoms with Gasteiger partial charge >= 0.3 is 6.85 Å². The molecule has 5 heterocycles. The third-order valence-electron chi connectivity index (χ3n) is 21.1. The van der Waals surface area contributed by atoms with Crippen LogP contribution in [0.2, 0.25) is 0 Å². The predicted octanol–water partition coefficient (Wildman–Crippen LogP) is 17.7. The monoisotopic (exact) mass is 976 g/mol. The lowest BCUT2D eigenvalue weighted by Gasteiger charge is -2.47. The molecule has 73 heavy (non-hydrogen) atoms. The second-order valence-corrected chi connectivity index (χ2v) is 26.6. The summed E-state index contributed by atoms with van der Waals surface area (Å²) in [4.78, 5) is 2.83. The molecular weight excluding hydrogens is 920 g/mol. The molecule has 0 radical (unpaired) electrons. The third-order valence-corrected chi connectivity index (χ3v) is 23.4. The number of rotatable bonds is 5. The molecule has 0 saturated heterocycles. The fourth-order valence-electron chi connectivity index (χ4n) is 18.1. The van der Waals surface area contributed by atoms with E-state index < -0.39 is 0 Å². The Kier molecular flexibility index (Phi) is 8.24. The number of anilines is 2. The molecule has 5 fully saturated rings. The van der Waals surface area contributed by atoms with Gasteiger partial charge in [0.05, 0.1) is 11.0 Å². The Balaban J connectivity index is 0.987. The van der Waals surface area contributed by atoms with Gasteiger partial charge in [0.1, 0.15) is 0 Å². The molecule has 0 amide bonds. The lowest BCUT2D eigenvalue weighted by molar-refractivity contribution is 0.139. The molecular formula is C68H57BN2S2. The summed E-state index contributed by atoms with van der Waals surface area (Å²) in [5, 5.41) is 8.46. The number of thiophene rings is 2. The van der Waals surface area contributed by atoms with Crippen LogP contribution in [-0.2, 0) is 10.8 Å². The summed E-state index contributed by atoms with van der Waals surface area (Å²) < 4.78 is 8.33. The maximum atomic E-state index is 2.83. The maximum absolute atomic E-state index is 2.83. The molecule has 8 aromatic carbocycles. The summed E-state index contributed by atoms with van der Waals surface area (Å²) >= 11 is 3.97. The van der Waals surface area contributed by atoms with Gasteiger partial charge in [-0.3, -0.25) is 0 Å². The van der Waals surface area contributed by atoms with Gasteiger partial charge in [0.2, 0.25) is 0 Å². The molecule has 6 unspecified atom stereocenters. The maximum Gasteiger partial charge on any atom is 0.333 e. The molecule has 6 atom stereocenters. The molecule has 5 heteroatoms. The number of nitrogens with zero attached hydrogens (tertiary/aromatic N) is 2. The average Bonchev–Trinajstić information content (AvgIpc) is 4.23. The van der Waals surface area contributed by atoms with Gasteiger partial charge in [-0.1, -0.05) is 111 Å². The molecule has 11 aromatic rings. The van der Waals surface area contributed by atoms with Crippen LogP contribution in [0.3, 0.4) is 0 Å². The van der Waals surface area contributed by atoms with Crippen molar-refractivity contribution in [2.24, 2.45) is 29.6 Å². The molecule has 0 spiro atoms. The third kappa shape index (κ3) is 5.51. The summed E-state index contributed by atoms with van der Waals surface area (Å²) in [6.07, 6.45) is 16.7. The van der Waals surface area contributed by atoms with Crippen LogP contribution < -0.4 is 15.7 Å². The smallest absolute Gasteiger partial charge is 0.333 e. The fourth-order valence-corrected chi connectivity index (χ4v) is 20.5. The Hall–Kier alpha value is -6.14. The first-order valence-corrected chi connectivity index (χ1v) is 29.6. The van der Waals surface area contributed by atoms with E-state index in [4.69, 9.17) is 0 Å². The average molecular weight is 977 g/mol. The van der Waals surface area contributed by atoms with Gasteiger partial charge in [-0.2, -0.15) is 0 Å². The molecule has 3 aromatic heterocycles. The molecule has 5 saturated carbocycles. The molecule has 5 aliphatic carbocycles. The zero-order valence-electron chi connectivity index (χ0n) is 41.6. The SMILES string of the molecule is CCC1(c2ccc3c(c2)c2cc(C45CCC6CC(CC6C4)C5)cc4c2n3-c2cc3c(sc5ccccc53)c3c2B4N(c2ccc(-c4ccccc4)cc2)c2cc4c(cc2-3)sc2ccccc24)CC2CCC(C2)C1. The largest absolute Gasteiger partial charge is 0.376 e. The van der Waals surface area contributed by atoms with Gasteiger partial charge < -0.3 is 9.38 Å². The van der Waals surface area contributed by atoms with Crippen LogP contribution in [0.5, 0.6) is 0 Å². The standard InChI is InChI=1S/C68H57BN2S2/c1-2-67(35-39-16-17-40(26-39)36-67)46-20-23-57-51(29-46)53-30-47(68-25-24-44-27-41(37-68)28-45(44)38-68)31-56-65(53)70(57)59-33-54-50-13-7-9-15-61(50)73-66(54)63-55-34-62-52(49-12-6-8-14-60(49)72-62)32-58(55)71(69(56)64(59)63)48-21-18-43(19-22-48)42-10-4-3-5-11-42/h3-15,18-23,29-34,39-41,44-45H,2,16-17,24-28,35-38H2,1H3. The first-order valence-electron chi connectivity index (χ1n) is 28.0.